The van der Waals surface area contributed by atoms with Gasteiger partial charge in [0.1, 0.15) is 5.41 Å². The molecule has 0 radical (unpaired) electrons. The molecule has 1 aromatic heterocycles. The van der Waals surface area contributed by atoms with Crippen LogP contribution in [0.2, 0.25) is 0 Å². The minimum Gasteiger partial charge on any atom is -0.377 e. The maximum absolute atomic E-state index is 9.20. The van der Waals surface area contributed by atoms with E-state index in [2.05, 4.69) is 16.4 Å². The Hall–Kier alpha value is -0.920. The number of ether oxygens (including phenoxy) is 1. The lowest BCUT2D eigenvalue weighted by atomic mass is 9.85. The van der Waals surface area contributed by atoms with Crippen molar-refractivity contribution < 1.29 is 4.74 Å². The fourth-order valence-electron chi connectivity index (χ4n) is 2.44. The molecule has 0 spiro atoms. The van der Waals surface area contributed by atoms with E-state index in [1.807, 2.05) is 0 Å². The molecule has 1 aliphatic carbocycles. The van der Waals surface area contributed by atoms with Gasteiger partial charge in [-0.1, -0.05) is 12.8 Å². The summed E-state index contributed by atoms with van der Waals surface area (Å²) in [5.74, 6) is 0.649. The van der Waals surface area contributed by atoms with Gasteiger partial charge in [-0.15, -0.1) is 11.3 Å². The third-order valence-corrected chi connectivity index (χ3v) is 4.63. The van der Waals surface area contributed by atoms with Crippen LogP contribution in [0.1, 0.15) is 42.3 Å². The molecule has 16 heavy (non-hydrogen) atoms. The first-order chi connectivity index (χ1) is 7.84. The largest absolute Gasteiger partial charge is 0.377 e. The van der Waals surface area contributed by atoms with E-state index in [0.29, 0.717) is 19.1 Å². The van der Waals surface area contributed by atoms with Crippen LogP contribution in [-0.2, 0) is 10.2 Å². The number of hydrogen-bond acceptors (Lipinski definition) is 4. The van der Waals surface area contributed by atoms with Gasteiger partial charge < -0.3 is 4.74 Å². The van der Waals surface area contributed by atoms with Crippen LogP contribution in [0.5, 0.6) is 0 Å². The summed E-state index contributed by atoms with van der Waals surface area (Å²) in [4.78, 5) is 4.67. The highest BCUT2D eigenvalue weighted by Crippen LogP contribution is 2.39. The molecule has 0 unspecified atom stereocenters. The van der Waals surface area contributed by atoms with Crippen molar-refractivity contribution in [2.75, 3.05) is 13.2 Å². The van der Waals surface area contributed by atoms with Gasteiger partial charge in [0.2, 0.25) is 0 Å². The molecule has 2 aliphatic rings. The highest BCUT2D eigenvalue weighted by Gasteiger charge is 2.43. The fourth-order valence-corrected chi connectivity index (χ4v) is 3.53. The van der Waals surface area contributed by atoms with Gasteiger partial charge in [-0.25, -0.2) is 4.98 Å². The van der Waals surface area contributed by atoms with Gasteiger partial charge in [-0.05, 0) is 12.8 Å². The summed E-state index contributed by atoms with van der Waals surface area (Å²) >= 11 is 1.72. The lowest BCUT2D eigenvalue weighted by molar-refractivity contribution is -0.0315. The summed E-state index contributed by atoms with van der Waals surface area (Å²) < 4.78 is 5.16. The molecule has 4 heteroatoms. The monoisotopic (exact) mass is 234 g/mol. The predicted octanol–water partition coefficient (Wildman–Crippen LogP) is 2.59. The molecule has 1 saturated carbocycles. The Labute approximate surface area is 99.1 Å². The van der Waals surface area contributed by atoms with Gasteiger partial charge in [-0.3, -0.25) is 0 Å². The number of nitrogens with zero attached hydrogens (tertiary/aromatic N) is 2. The lowest BCUT2D eigenvalue weighted by Crippen LogP contribution is -2.45. The molecule has 0 bridgehead atoms. The molecule has 0 amide bonds. The van der Waals surface area contributed by atoms with Gasteiger partial charge in [0.25, 0.3) is 0 Å². The molecule has 2 heterocycles. The maximum atomic E-state index is 9.20. The zero-order valence-electron chi connectivity index (χ0n) is 9.11. The minimum absolute atomic E-state index is 0.437. The first-order valence-corrected chi connectivity index (χ1v) is 6.67. The van der Waals surface area contributed by atoms with Crippen LogP contribution in [0.15, 0.2) is 5.38 Å². The summed E-state index contributed by atoms with van der Waals surface area (Å²) in [5.41, 5.74) is 0.501. The Balaban J connectivity index is 1.85. The van der Waals surface area contributed by atoms with Gasteiger partial charge in [0.15, 0.2) is 0 Å². The smallest absolute Gasteiger partial charge is 0.146 e. The first-order valence-electron chi connectivity index (χ1n) is 5.79. The van der Waals surface area contributed by atoms with Crippen molar-refractivity contribution >= 4 is 11.3 Å². The van der Waals surface area contributed by atoms with Crippen LogP contribution >= 0.6 is 11.3 Å². The molecule has 0 aromatic carbocycles. The molecule has 1 saturated heterocycles. The van der Waals surface area contributed by atoms with E-state index in [9.17, 15) is 5.26 Å². The number of rotatable bonds is 2. The normalized spacial score (nSPS) is 23.9. The third kappa shape index (κ3) is 1.47. The summed E-state index contributed by atoms with van der Waals surface area (Å²) in [6.07, 6.45) is 5.18. The second-order valence-corrected chi connectivity index (χ2v) is 5.63. The topological polar surface area (TPSA) is 45.9 Å². The number of hydrogen-bond donors (Lipinski definition) is 0. The molecule has 0 atom stereocenters. The summed E-state index contributed by atoms with van der Waals surface area (Å²) in [6, 6.07) is 2.35. The predicted molar refractivity (Wildman–Crippen MR) is 61.4 cm³/mol. The van der Waals surface area contributed by atoms with Gasteiger partial charge in [-0.2, -0.15) is 5.26 Å². The van der Waals surface area contributed by atoms with Gasteiger partial charge in [0.05, 0.1) is 30.0 Å². The van der Waals surface area contributed by atoms with Crippen LogP contribution in [0.4, 0.5) is 0 Å². The van der Waals surface area contributed by atoms with Crippen molar-refractivity contribution in [1.29, 1.82) is 5.26 Å². The minimum atomic E-state index is -0.437. The van der Waals surface area contributed by atoms with E-state index >= 15 is 0 Å². The van der Waals surface area contributed by atoms with Crippen molar-refractivity contribution in [3.05, 3.63) is 16.1 Å². The Morgan fingerprint density at radius 2 is 2.19 bits per heavy atom. The van der Waals surface area contributed by atoms with E-state index < -0.39 is 5.41 Å². The Morgan fingerprint density at radius 1 is 1.44 bits per heavy atom. The fraction of sp³-hybridized carbons (Fsp3) is 0.667. The lowest BCUT2D eigenvalue weighted by Gasteiger charge is -2.33. The highest BCUT2D eigenvalue weighted by atomic mass is 32.1. The van der Waals surface area contributed by atoms with E-state index in [1.54, 1.807) is 11.3 Å². The standard InChI is InChI=1S/C12H14N2OS/c13-6-12(7-15-8-12)10-5-16-11(14-10)9-3-1-2-4-9/h5,9H,1-4,7-8H2. The second kappa shape index (κ2) is 3.83. The number of thiazole rings is 1. The van der Waals surface area contributed by atoms with Crippen LogP contribution in [0, 0.1) is 11.3 Å². The van der Waals surface area contributed by atoms with Crippen molar-refractivity contribution in [3.8, 4) is 6.07 Å². The molecule has 0 N–H and O–H groups in total. The van der Waals surface area contributed by atoms with E-state index in [0.717, 1.165) is 5.69 Å². The Morgan fingerprint density at radius 3 is 2.75 bits per heavy atom. The van der Waals surface area contributed by atoms with Crippen molar-refractivity contribution in [2.24, 2.45) is 0 Å². The molecule has 3 nitrogen and oxygen atoms in total. The van der Waals surface area contributed by atoms with Crippen molar-refractivity contribution in [2.45, 2.75) is 37.0 Å². The highest BCUT2D eigenvalue weighted by molar-refractivity contribution is 7.09. The van der Waals surface area contributed by atoms with Crippen LogP contribution in [-0.4, -0.2) is 18.2 Å². The molecule has 2 fully saturated rings. The van der Waals surface area contributed by atoms with Crippen molar-refractivity contribution in [1.82, 2.24) is 4.98 Å². The molecule has 3 rings (SSSR count). The quantitative estimate of drug-likeness (QED) is 0.790. The number of nitriles is 1. The Kier molecular flexibility index (Phi) is 2.45. The zero-order valence-corrected chi connectivity index (χ0v) is 9.92. The summed E-state index contributed by atoms with van der Waals surface area (Å²) in [7, 11) is 0. The third-order valence-electron chi connectivity index (χ3n) is 3.63. The van der Waals surface area contributed by atoms with E-state index in [-0.39, 0.29) is 0 Å². The molecule has 84 valence electrons. The number of aromatic nitrogens is 1. The average Bonchev–Trinajstić information content (AvgIpc) is 2.86. The maximum Gasteiger partial charge on any atom is 0.146 e. The molecule has 1 aromatic rings. The summed E-state index contributed by atoms with van der Waals surface area (Å²) in [6.45, 7) is 1.02. The first kappa shape index (κ1) is 10.2. The van der Waals surface area contributed by atoms with Crippen LogP contribution in [0.25, 0.3) is 0 Å². The van der Waals surface area contributed by atoms with E-state index in [4.69, 9.17) is 4.74 Å². The molecular formula is C12H14N2OS. The Bertz CT molecular complexity index is 424. The average molecular weight is 234 g/mol. The van der Waals surface area contributed by atoms with Crippen molar-refractivity contribution in [3.63, 3.8) is 0 Å². The van der Waals surface area contributed by atoms with E-state index in [1.165, 1.54) is 30.7 Å². The van der Waals surface area contributed by atoms with Crippen LogP contribution < -0.4 is 0 Å². The molecular weight excluding hydrogens is 220 g/mol. The second-order valence-electron chi connectivity index (χ2n) is 4.74. The zero-order chi connectivity index (χ0) is 11.0. The van der Waals surface area contributed by atoms with Crippen LogP contribution in [0.3, 0.4) is 0 Å². The SMILES string of the molecule is N#CC1(c2csc(C3CCCC3)n2)COC1. The van der Waals surface area contributed by atoms with Gasteiger partial charge >= 0.3 is 0 Å². The van der Waals surface area contributed by atoms with Gasteiger partial charge in [0, 0.05) is 11.3 Å². The molecule has 1 aliphatic heterocycles. The summed E-state index contributed by atoms with van der Waals surface area (Å²) in [5, 5.41) is 12.5.